The summed E-state index contributed by atoms with van der Waals surface area (Å²) in [7, 11) is 0. The van der Waals surface area contributed by atoms with Gasteiger partial charge in [0, 0.05) is 31.5 Å². The van der Waals surface area contributed by atoms with E-state index in [9.17, 15) is 9.59 Å². The molecule has 0 N–H and O–H groups in total. The van der Waals surface area contributed by atoms with E-state index >= 15 is 0 Å². The maximum Gasteiger partial charge on any atom is 0.236 e. The first kappa shape index (κ1) is 12.6. The lowest BCUT2D eigenvalue weighted by atomic mass is 10.0. The zero-order chi connectivity index (χ0) is 12.5. The van der Waals surface area contributed by atoms with Crippen LogP contribution in [0.3, 0.4) is 0 Å². The largest absolute Gasteiger partial charge is 0.341 e. The van der Waals surface area contributed by atoms with E-state index in [0.29, 0.717) is 32.5 Å². The Kier molecular flexibility index (Phi) is 3.52. The molecule has 0 radical (unpaired) electrons. The van der Waals surface area contributed by atoms with Gasteiger partial charge in [0.05, 0.1) is 6.54 Å². The molecule has 2 saturated heterocycles. The summed E-state index contributed by atoms with van der Waals surface area (Å²) in [4.78, 5) is 27.4. The van der Waals surface area contributed by atoms with Crippen molar-refractivity contribution in [1.29, 1.82) is 0 Å². The third-order valence-electron chi connectivity index (χ3n) is 4.07. The van der Waals surface area contributed by atoms with Gasteiger partial charge >= 0.3 is 0 Å². The molecule has 2 aliphatic heterocycles. The number of hydrogen-bond acceptors (Lipinski definition) is 3. The normalized spacial score (nSPS) is 25.3. The first-order valence-electron chi connectivity index (χ1n) is 6.53. The molecular formula is C13H22N2O2. The molecule has 2 aliphatic rings. The number of carbonyl (C=O) groups excluding carboxylic acids is 2. The second-order valence-corrected chi connectivity index (χ2v) is 5.76. The van der Waals surface area contributed by atoms with E-state index < -0.39 is 0 Å². The third kappa shape index (κ3) is 2.86. The van der Waals surface area contributed by atoms with Crippen LogP contribution >= 0.6 is 0 Å². The monoisotopic (exact) mass is 238 g/mol. The van der Waals surface area contributed by atoms with Gasteiger partial charge in [0.2, 0.25) is 5.91 Å². The van der Waals surface area contributed by atoms with Crippen LogP contribution in [-0.2, 0) is 9.59 Å². The number of rotatable bonds is 2. The van der Waals surface area contributed by atoms with Crippen LogP contribution in [0.2, 0.25) is 0 Å². The lowest BCUT2D eigenvalue weighted by molar-refractivity contribution is -0.136. The fraction of sp³-hybridized carbons (Fsp3) is 0.846. The lowest BCUT2D eigenvalue weighted by Gasteiger charge is -2.34. The topological polar surface area (TPSA) is 40.6 Å². The summed E-state index contributed by atoms with van der Waals surface area (Å²) in [5.74, 6) is 0.475. The Hall–Kier alpha value is -0.900. The Morgan fingerprint density at radius 2 is 1.88 bits per heavy atom. The minimum atomic E-state index is 0.154. The van der Waals surface area contributed by atoms with Crippen LogP contribution in [0.4, 0.5) is 0 Å². The zero-order valence-corrected chi connectivity index (χ0v) is 10.9. The first-order valence-corrected chi connectivity index (χ1v) is 6.53. The predicted molar refractivity (Wildman–Crippen MR) is 65.7 cm³/mol. The van der Waals surface area contributed by atoms with Gasteiger partial charge in [-0.25, -0.2) is 0 Å². The molecular weight excluding hydrogens is 216 g/mol. The van der Waals surface area contributed by atoms with E-state index in [0.717, 1.165) is 6.54 Å². The molecule has 2 heterocycles. The van der Waals surface area contributed by atoms with Crippen LogP contribution in [-0.4, -0.2) is 53.2 Å². The minimum absolute atomic E-state index is 0.154. The van der Waals surface area contributed by atoms with Crippen LogP contribution in [0, 0.1) is 0 Å². The number of nitrogens with zero attached hydrogens (tertiary/aromatic N) is 2. The molecule has 2 fully saturated rings. The summed E-state index contributed by atoms with van der Waals surface area (Å²) in [5, 5.41) is 0. The van der Waals surface area contributed by atoms with Crippen molar-refractivity contribution in [2.24, 2.45) is 0 Å². The predicted octanol–water partition coefficient (Wildman–Crippen LogP) is 1.05. The van der Waals surface area contributed by atoms with Gasteiger partial charge in [-0.3, -0.25) is 14.5 Å². The highest BCUT2D eigenvalue weighted by atomic mass is 16.2. The van der Waals surface area contributed by atoms with Gasteiger partial charge in [-0.15, -0.1) is 0 Å². The van der Waals surface area contributed by atoms with E-state index in [-0.39, 0.29) is 17.2 Å². The molecule has 0 aromatic carbocycles. The highest BCUT2D eigenvalue weighted by molar-refractivity contribution is 5.84. The Balaban J connectivity index is 1.87. The highest BCUT2D eigenvalue weighted by Crippen LogP contribution is 2.27. The average molecular weight is 238 g/mol. The lowest BCUT2D eigenvalue weighted by Crippen LogP contribution is -2.48. The Labute approximate surface area is 103 Å². The van der Waals surface area contributed by atoms with Crippen LogP contribution in [0.5, 0.6) is 0 Å². The first-order chi connectivity index (χ1) is 7.99. The van der Waals surface area contributed by atoms with Crippen molar-refractivity contribution in [2.45, 2.75) is 45.1 Å². The van der Waals surface area contributed by atoms with Crippen molar-refractivity contribution in [3.05, 3.63) is 0 Å². The maximum absolute atomic E-state index is 12.1. The molecule has 4 nitrogen and oxygen atoms in total. The van der Waals surface area contributed by atoms with Crippen LogP contribution < -0.4 is 0 Å². The molecule has 17 heavy (non-hydrogen) atoms. The van der Waals surface area contributed by atoms with Crippen molar-refractivity contribution in [2.75, 3.05) is 26.2 Å². The maximum atomic E-state index is 12.1. The molecule has 0 saturated carbocycles. The Bertz CT molecular complexity index is 315. The van der Waals surface area contributed by atoms with Gasteiger partial charge in [-0.1, -0.05) is 0 Å². The second-order valence-electron chi connectivity index (χ2n) is 5.76. The molecule has 0 aromatic rings. The van der Waals surface area contributed by atoms with Crippen LogP contribution in [0.15, 0.2) is 0 Å². The van der Waals surface area contributed by atoms with Crippen LogP contribution in [0.1, 0.15) is 39.5 Å². The molecule has 0 atom stereocenters. The van der Waals surface area contributed by atoms with Gasteiger partial charge in [0.1, 0.15) is 5.78 Å². The quantitative estimate of drug-likeness (QED) is 0.722. The highest BCUT2D eigenvalue weighted by Gasteiger charge is 2.34. The van der Waals surface area contributed by atoms with Crippen molar-refractivity contribution < 1.29 is 9.59 Å². The minimum Gasteiger partial charge on any atom is -0.341 e. The molecule has 0 bridgehead atoms. The molecule has 1 amide bonds. The van der Waals surface area contributed by atoms with Crippen molar-refractivity contribution >= 4 is 11.7 Å². The van der Waals surface area contributed by atoms with E-state index in [1.165, 1.54) is 12.8 Å². The smallest absolute Gasteiger partial charge is 0.236 e. The average Bonchev–Trinajstić information content (AvgIpc) is 2.59. The summed E-state index contributed by atoms with van der Waals surface area (Å²) in [6, 6.07) is 0. The molecule has 4 heteroatoms. The molecule has 0 aliphatic carbocycles. The number of piperidine rings is 1. The number of amides is 1. The molecule has 0 aromatic heterocycles. The number of ketones is 1. The van der Waals surface area contributed by atoms with Gasteiger partial charge in [-0.05, 0) is 33.2 Å². The molecule has 2 rings (SSSR count). The summed E-state index contributed by atoms with van der Waals surface area (Å²) in [6.45, 7) is 7.17. The summed E-state index contributed by atoms with van der Waals surface area (Å²) in [5.41, 5.74) is 0.154. The number of hydrogen-bond donors (Lipinski definition) is 0. The van der Waals surface area contributed by atoms with Crippen molar-refractivity contribution in [3.8, 4) is 0 Å². The van der Waals surface area contributed by atoms with E-state index in [1.807, 2.05) is 4.90 Å². The molecule has 0 spiro atoms. The van der Waals surface area contributed by atoms with Gasteiger partial charge < -0.3 is 4.90 Å². The van der Waals surface area contributed by atoms with E-state index in [1.54, 1.807) is 0 Å². The fourth-order valence-electron chi connectivity index (χ4n) is 2.73. The summed E-state index contributed by atoms with van der Waals surface area (Å²) in [6.07, 6.45) is 3.42. The summed E-state index contributed by atoms with van der Waals surface area (Å²) >= 11 is 0. The van der Waals surface area contributed by atoms with Crippen LogP contribution in [0.25, 0.3) is 0 Å². The van der Waals surface area contributed by atoms with Gasteiger partial charge in [-0.2, -0.15) is 0 Å². The molecule has 96 valence electrons. The Morgan fingerprint density at radius 3 is 2.41 bits per heavy atom. The van der Waals surface area contributed by atoms with Gasteiger partial charge in [0.25, 0.3) is 0 Å². The standard InChI is InChI=1S/C13H22N2O2/c1-13(2)6-3-7-15(13)10-12(17)14-8-4-11(16)5-9-14/h3-10H2,1-2H3. The third-order valence-corrected chi connectivity index (χ3v) is 4.07. The number of carbonyl (C=O) groups is 2. The SMILES string of the molecule is CC1(C)CCCN1CC(=O)N1CCC(=O)CC1. The van der Waals surface area contributed by atoms with Gasteiger partial charge in [0.15, 0.2) is 0 Å². The van der Waals surface area contributed by atoms with E-state index in [4.69, 9.17) is 0 Å². The zero-order valence-electron chi connectivity index (χ0n) is 10.9. The fourth-order valence-corrected chi connectivity index (χ4v) is 2.73. The second kappa shape index (κ2) is 4.77. The molecule has 0 unspecified atom stereocenters. The number of Topliss-reactive ketones (excluding diaryl/α,β-unsaturated/α-hetero) is 1. The Morgan fingerprint density at radius 1 is 1.24 bits per heavy atom. The van der Waals surface area contributed by atoms with Crippen molar-refractivity contribution in [1.82, 2.24) is 9.80 Å². The summed E-state index contributed by atoms with van der Waals surface area (Å²) < 4.78 is 0. The number of likely N-dealkylation sites (tertiary alicyclic amines) is 2. The van der Waals surface area contributed by atoms with E-state index in [2.05, 4.69) is 18.7 Å². The van der Waals surface area contributed by atoms with Crippen molar-refractivity contribution in [3.63, 3.8) is 0 Å².